The molecule has 0 fully saturated rings. The molecular formula is C18H20N2O3. The van der Waals surface area contributed by atoms with E-state index < -0.39 is 0 Å². The Balaban J connectivity index is 1.57. The zero-order chi connectivity index (χ0) is 16.3. The molecule has 0 aliphatic rings. The summed E-state index contributed by atoms with van der Waals surface area (Å²) in [5.41, 5.74) is 0.711. The highest BCUT2D eigenvalue weighted by atomic mass is 16.5. The van der Waals surface area contributed by atoms with Crippen LogP contribution in [-0.4, -0.2) is 25.0 Å². The lowest BCUT2D eigenvalue weighted by molar-refractivity contribution is -0.124. The van der Waals surface area contributed by atoms with Gasteiger partial charge in [0.15, 0.2) is 0 Å². The van der Waals surface area contributed by atoms with Gasteiger partial charge in [-0.2, -0.15) is 0 Å². The molecule has 2 rings (SSSR count). The van der Waals surface area contributed by atoms with Crippen LogP contribution in [0.1, 0.15) is 12.8 Å². The number of hydrogen-bond donors (Lipinski definition) is 2. The fraction of sp³-hybridized carbons (Fsp3) is 0.222. The Morgan fingerprint density at radius 1 is 0.870 bits per heavy atom. The number of ether oxygens (including phenoxy) is 1. The molecule has 2 aromatic rings. The monoisotopic (exact) mass is 312 g/mol. The van der Waals surface area contributed by atoms with Gasteiger partial charge in [0.1, 0.15) is 5.75 Å². The lowest BCUT2D eigenvalue weighted by Gasteiger charge is -2.08. The van der Waals surface area contributed by atoms with E-state index in [9.17, 15) is 9.59 Å². The third kappa shape index (κ3) is 6.65. The van der Waals surface area contributed by atoms with Gasteiger partial charge in [-0.3, -0.25) is 9.59 Å². The standard InChI is InChI=1S/C18H20N2O3/c21-17(12-7-13-23-16-10-5-2-6-11-16)19-14-18(22)20-15-8-3-1-4-9-15/h1-6,8-11H,7,12-14H2,(H,19,21)(H,20,22). The van der Waals surface area contributed by atoms with Gasteiger partial charge in [-0.1, -0.05) is 36.4 Å². The van der Waals surface area contributed by atoms with E-state index in [0.29, 0.717) is 25.1 Å². The van der Waals surface area contributed by atoms with E-state index in [0.717, 1.165) is 5.75 Å². The van der Waals surface area contributed by atoms with Gasteiger partial charge in [0.25, 0.3) is 0 Å². The molecule has 0 radical (unpaired) electrons. The Morgan fingerprint density at radius 2 is 1.52 bits per heavy atom. The summed E-state index contributed by atoms with van der Waals surface area (Å²) in [6.45, 7) is 0.431. The summed E-state index contributed by atoms with van der Waals surface area (Å²) >= 11 is 0. The molecule has 0 atom stereocenters. The molecule has 5 nitrogen and oxygen atoms in total. The number of carbonyl (C=O) groups is 2. The number of hydrogen-bond acceptors (Lipinski definition) is 3. The topological polar surface area (TPSA) is 67.4 Å². The number of para-hydroxylation sites is 2. The first-order valence-corrected chi connectivity index (χ1v) is 7.53. The van der Waals surface area contributed by atoms with E-state index in [4.69, 9.17) is 4.74 Å². The molecule has 0 aliphatic heterocycles. The van der Waals surface area contributed by atoms with Crippen molar-refractivity contribution in [1.29, 1.82) is 0 Å². The first-order chi connectivity index (χ1) is 11.2. The number of rotatable bonds is 8. The van der Waals surface area contributed by atoms with Crippen LogP contribution < -0.4 is 15.4 Å². The lowest BCUT2D eigenvalue weighted by atomic mass is 10.3. The van der Waals surface area contributed by atoms with Gasteiger partial charge in [-0.25, -0.2) is 0 Å². The fourth-order valence-electron chi connectivity index (χ4n) is 1.93. The highest BCUT2D eigenvalue weighted by Crippen LogP contribution is 2.08. The Hall–Kier alpha value is -2.82. The zero-order valence-corrected chi connectivity index (χ0v) is 12.8. The zero-order valence-electron chi connectivity index (χ0n) is 12.8. The predicted molar refractivity (Wildman–Crippen MR) is 89.3 cm³/mol. The first-order valence-electron chi connectivity index (χ1n) is 7.53. The average molecular weight is 312 g/mol. The summed E-state index contributed by atoms with van der Waals surface area (Å²) in [5, 5.41) is 5.30. The van der Waals surface area contributed by atoms with Gasteiger partial charge in [0.2, 0.25) is 11.8 Å². The highest BCUT2D eigenvalue weighted by Gasteiger charge is 2.06. The van der Waals surface area contributed by atoms with Crippen molar-refractivity contribution >= 4 is 17.5 Å². The van der Waals surface area contributed by atoms with Crippen LogP contribution in [-0.2, 0) is 9.59 Å². The third-order valence-corrected chi connectivity index (χ3v) is 3.06. The van der Waals surface area contributed by atoms with Crippen molar-refractivity contribution in [3.8, 4) is 5.75 Å². The molecule has 0 unspecified atom stereocenters. The van der Waals surface area contributed by atoms with Crippen molar-refractivity contribution in [3.63, 3.8) is 0 Å². The molecule has 0 saturated heterocycles. The van der Waals surface area contributed by atoms with E-state index >= 15 is 0 Å². The van der Waals surface area contributed by atoms with Gasteiger partial charge in [-0.15, -0.1) is 0 Å². The summed E-state index contributed by atoms with van der Waals surface area (Å²) in [4.78, 5) is 23.3. The Labute approximate surface area is 135 Å². The van der Waals surface area contributed by atoms with Crippen molar-refractivity contribution < 1.29 is 14.3 Å². The molecule has 2 N–H and O–H groups in total. The molecule has 0 aliphatic carbocycles. The van der Waals surface area contributed by atoms with Crippen LogP contribution in [0.4, 0.5) is 5.69 Å². The molecular weight excluding hydrogens is 292 g/mol. The van der Waals surface area contributed by atoms with E-state index in [-0.39, 0.29) is 18.4 Å². The normalized spacial score (nSPS) is 9.91. The van der Waals surface area contributed by atoms with Crippen LogP contribution >= 0.6 is 0 Å². The van der Waals surface area contributed by atoms with Crippen LogP contribution in [0.5, 0.6) is 5.75 Å². The number of anilines is 1. The van der Waals surface area contributed by atoms with Crippen molar-refractivity contribution in [1.82, 2.24) is 5.32 Å². The largest absolute Gasteiger partial charge is 0.494 e. The molecule has 0 aromatic heterocycles. The Morgan fingerprint density at radius 3 is 2.22 bits per heavy atom. The molecule has 23 heavy (non-hydrogen) atoms. The minimum atomic E-state index is -0.245. The van der Waals surface area contributed by atoms with Crippen LogP contribution in [0.15, 0.2) is 60.7 Å². The van der Waals surface area contributed by atoms with Gasteiger partial charge in [0.05, 0.1) is 13.2 Å². The van der Waals surface area contributed by atoms with Crippen molar-refractivity contribution in [2.24, 2.45) is 0 Å². The molecule has 120 valence electrons. The number of carbonyl (C=O) groups excluding carboxylic acids is 2. The second-order valence-corrected chi connectivity index (χ2v) is 4.96. The third-order valence-electron chi connectivity index (χ3n) is 3.06. The maximum Gasteiger partial charge on any atom is 0.243 e. The van der Waals surface area contributed by atoms with Crippen molar-refractivity contribution in [3.05, 3.63) is 60.7 Å². The van der Waals surface area contributed by atoms with Crippen LogP contribution in [0.25, 0.3) is 0 Å². The second kappa shape index (κ2) is 9.25. The van der Waals surface area contributed by atoms with Crippen molar-refractivity contribution in [2.45, 2.75) is 12.8 Å². The van der Waals surface area contributed by atoms with E-state index in [1.807, 2.05) is 48.5 Å². The molecule has 0 heterocycles. The van der Waals surface area contributed by atoms with Crippen molar-refractivity contribution in [2.75, 3.05) is 18.5 Å². The highest BCUT2D eigenvalue weighted by molar-refractivity contribution is 5.94. The van der Waals surface area contributed by atoms with E-state index in [1.165, 1.54) is 0 Å². The molecule has 0 spiro atoms. The van der Waals surface area contributed by atoms with Gasteiger partial charge in [-0.05, 0) is 30.7 Å². The summed E-state index contributed by atoms with van der Waals surface area (Å²) in [7, 11) is 0. The molecule has 2 aromatic carbocycles. The van der Waals surface area contributed by atoms with Crippen LogP contribution in [0.3, 0.4) is 0 Å². The maximum atomic E-state index is 11.7. The number of benzene rings is 2. The summed E-state index contributed by atoms with van der Waals surface area (Å²) < 4.78 is 5.50. The SMILES string of the molecule is O=C(CCCOc1ccccc1)NCC(=O)Nc1ccccc1. The molecule has 0 saturated carbocycles. The summed E-state index contributed by atoms with van der Waals surface area (Å²) in [6, 6.07) is 18.6. The Bertz CT molecular complexity index is 615. The second-order valence-electron chi connectivity index (χ2n) is 4.96. The van der Waals surface area contributed by atoms with E-state index in [1.54, 1.807) is 12.1 Å². The van der Waals surface area contributed by atoms with Gasteiger partial charge in [0, 0.05) is 12.1 Å². The minimum Gasteiger partial charge on any atom is -0.494 e. The summed E-state index contributed by atoms with van der Waals surface area (Å²) in [6.07, 6.45) is 0.923. The lowest BCUT2D eigenvalue weighted by Crippen LogP contribution is -2.32. The molecule has 2 amide bonds. The average Bonchev–Trinajstić information content (AvgIpc) is 2.59. The first kappa shape index (κ1) is 16.5. The van der Waals surface area contributed by atoms with E-state index in [2.05, 4.69) is 10.6 Å². The smallest absolute Gasteiger partial charge is 0.243 e. The predicted octanol–water partition coefficient (Wildman–Crippen LogP) is 2.60. The van der Waals surface area contributed by atoms with Gasteiger partial charge < -0.3 is 15.4 Å². The number of nitrogens with one attached hydrogen (secondary N) is 2. The quantitative estimate of drug-likeness (QED) is 0.736. The van der Waals surface area contributed by atoms with Crippen LogP contribution in [0.2, 0.25) is 0 Å². The van der Waals surface area contributed by atoms with Crippen LogP contribution in [0, 0.1) is 0 Å². The number of amides is 2. The molecule has 0 bridgehead atoms. The fourth-order valence-corrected chi connectivity index (χ4v) is 1.93. The Kier molecular flexibility index (Phi) is 6.65. The maximum absolute atomic E-state index is 11.7. The minimum absolute atomic E-state index is 0.0345. The molecule has 5 heteroatoms. The summed E-state index contributed by atoms with van der Waals surface area (Å²) in [5.74, 6) is 0.380. The van der Waals surface area contributed by atoms with Gasteiger partial charge >= 0.3 is 0 Å².